The van der Waals surface area contributed by atoms with Crippen molar-refractivity contribution in [3.63, 3.8) is 0 Å². The highest BCUT2D eigenvalue weighted by Gasteiger charge is 2.31. The number of fused-ring (bicyclic) bond motifs is 2. The predicted molar refractivity (Wildman–Crippen MR) is 164 cm³/mol. The van der Waals surface area contributed by atoms with Crippen LogP contribution in [-0.2, 0) is 12.8 Å². The molecule has 0 radical (unpaired) electrons. The number of methoxy groups -OCH3 is 4. The van der Waals surface area contributed by atoms with Gasteiger partial charge in [0, 0.05) is 42.7 Å². The summed E-state index contributed by atoms with van der Waals surface area (Å²) in [5.74, 6) is 2.98. The second-order valence-electron chi connectivity index (χ2n) is 10.3. The number of nitrogens with two attached hydrogens (primary N) is 1. The predicted octanol–water partition coefficient (Wildman–Crippen LogP) is 5.39. The van der Waals surface area contributed by atoms with Crippen LogP contribution < -0.4 is 29.6 Å². The molecular formula is C33H38N4O5. The highest BCUT2D eigenvalue weighted by molar-refractivity contribution is 5.93. The molecule has 0 fully saturated rings. The van der Waals surface area contributed by atoms with Gasteiger partial charge in [0.25, 0.3) is 0 Å². The molecule has 0 spiro atoms. The van der Waals surface area contributed by atoms with Crippen LogP contribution in [0.1, 0.15) is 29.2 Å². The standard InChI is InChI=1S/C33H38N4O5/c1-39-26-19-24-12-15-36(13-7-14-37(33(34)38)25-18-23-8-5-6-9-27(23)35-21-25)28(32(24)31(20-26)42-4)16-22-10-11-29(40-2)30(17-22)41-3/h5-6,8-11,17-21,28H,7,12-16H2,1-4H3,(H2,34,38). The molecule has 0 saturated carbocycles. The van der Waals surface area contributed by atoms with Crippen LogP contribution in [0.15, 0.2) is 66.9 Å². The molecule has 2 heterocycles. The lowest BCUT2D eigenvalue weighted by Crippen LogP contribution is -2.41. The van der Waals surface area contributed by atoms with Gasteiger partial charge in [-0.2, -0.15) is 0 Å². The molecule has 4 aromatic rings. The lowest BCUT2D eigenvalue weighted by atomic mass is 9.87. The molecule has 3 aromatic carbocycles. The number of ether oxygens (including phenoxy) is 4. The molecule has 1 aliphatic heterocycles. The number of carbonyl (C=O) groups excluding carboxylic acids is 1. The van der Waals surface area contributed by atoms with Crippen LogP contribution in [0.5, 0.6) is 23.0 Å². The van der Waals surface area contributed by atoms with Crippen molar-refractivity contribution in [2.45, 2.75) is 25.3 Å². The van der Waals surface area contributed by atoms with E-state index in [-0.39, 0.29) is 6.04 Å². The summed E-state index contributed by atoms with van der Waals surface area (Å²) in [5, 5.41) is 0.964. The average Bonchev–Trinajstić information content (AvgIpc) is 3.02. The summed E-state index contributed by atoms with van der Waals surface area (Å²) in [7, 11) is 6.66. The highest BCUT2D eigenvalue weighted by Crippen LogP contribution is 2.42. The summed E-state index contributed by atoms with van der Waals surface area (Å²) in [6.45, 7) is 2.09. The van der Waals surface area contributed by atoms with Gasteiger partial charge in [-0.1, -0.05) is 24.3 Å². The molecule has 2 N–H and O–H groups in total. The van der Waals surface area contributed by atoms with Crippen LogP contribution in [0.25, 0.3) is 10.9 Å². The fourth-order valence-electron chi connectivity index (χ4n) is 5.87. The number of primary amides is 1. The van der Waals surface area contributed by atoms with Crippen LogP contribution in [0, 0.1) is 0 Å². The first kappa shape index (κ1) is 29.0. The Morgan fingerprint density at radius 2 is 1.74 bits per heavy atom. The number of amides is 2. The van der Waals surface area contributed by atoms with E-state index in [1.54, 1.807) is 39.5 Å². The summed E-state index contributed by atoms with van der Waals surface area (Å²) in [6.07, 6.45) is 4.04. The zero-order valence-corrected chi connectivity index (χ0v) is 24.6. The molecular weight excluding hydrogens is 532 g/mol. The third-order valence-corrected chi connectivity index (χ3v) is 7.96. The molecule has 1 aliphatic rings. The number of para-hydroxylation sites is 1. The second-order valence-corrected chi connectivity index (χ2v) is 10.3. The van der Waals surface area contributed by atoms with E-state index in [2.05, 4.69) is 22.0 Å². The van der Waals surface area contributed by atoms with Gasteiger partial charge in [0.1, 0.15) is 11.5 Å². The van der Waals surface area contributed by atoms with Gasteiger partial charge in [0.05, 0.1) is 45.8 Å². The van der Waals surface area contributed by atoms with Crippen molar-refractivity contribution >= 4 is 22.6 Å². The molecule has 9 heteroatoms. The highest BCUT2D eigenvalue weighted by atomic mass is 16.5. The van der Waals surface area contributed by atoms with Crippen LogP contribution in [-0.4, -0.2) is 64.0 Å². The molecule has 9 nitrogen and oxygen atoms in total. The van der Waals surface area contributed by atoms with Gasteiger partial charge in [-0.25, -0.2) is 4.79 Å². The van der Waals surface area contributed by atoms with Crippen molar-refractivity contribution in [2.24, 2.45) is 5.73 Å². The zero-order valence-electron chi connectivity index (χ0n) is 24.6. The number of hydrogen-bond acceptors (Lipinski definition) is 7. The number of aromatic nitrogens is 1. The molecule has 0 saturated heterocycles. The minimum absolute atomic E-state index is 0.0390. The second kappa shape index (κ2) is 13.0. The van der Waals surface area contributed by atoms with Gasteiger partial charge >= 0.3 is 6.03 Å². The van der Waals surface area contributed by atoms with E-state index in [4.69, 9.17) is 24.7 Å². The first-order valence-corrected chi connectivity index (χ1v) is 14.1. The summed E-state index contributed by atoms with van der Waals surface area (Å²) in [6, 6.07) is 19.4. The monoisotopic (exact) mass is 570 g/mol. The van der Waals surface area contributed by atoms with Gasteiger partial charge in [-0.15, -0.1) is 0 Å². The van der Waals surface area contributed by atoms with Crippen molar-refractivity contribution in [2.75, 3.05) is 53.0 Å². The SMILES string of the molecule is COc1cc2c(c(OC)c1)C(Cc1ccc(OC)c(OC)c1)N(CCCN(C(N)=O)c1cnc3ccccc3c1)CC2. The van der Waals surface area contributed by atoms with Gasteiger partial charge < -0.3 is 24.7 Å². The van der Waals surface area contributed by atoms with Crippen LogP contribution in [0.3, 0.4) is 0 Å². The van der Waals surface area contributed by atoms with Crippen LogP contribution in [0.2, 0.25) is 0 Å². The Bertz CT molecular complexity index is 1540. The van der Waals surface area contributed by atoms with Crippen LogP contribution in [0.4, 0.5) is 10.5 Å². The van der Waals surface area contributed by atoms with Gasteiger partial charge in [0.2, 0.25) is 0 Å². The van der Waals surface area contributed by atoms with E-state index in [0.29, 0.717) is 23.7 Å². The van der Waals surface area contributed by atoms with Gasteiger partial charge in [0.15, 0.2) is 11.5 Å². The Balaban J connectivity index is 1.41. The maximum atomic E-state index is 12.5. The third-order valence-electron chi connectivity index (χ3n) is 7.96. The number of nitrogens with zero attached hydrogens (tertiary/aromatic N) is 3. The molecule has 42 heavy (non-hydrogen) atoms. The minimum atomic E-state index is -0.494. The number of hydrogen-bond donors (Lipinski definition) is 1. The van der Waals surface area contributed by atoms with Gasteiger partial charge in [-0.05, 0) is 60.7 Å². The molecule has 1 aromatic heterocycles. The zero-order chi connectivity index (χ0) is 29.6. The van der Waals surface area contributed by atoms with E-state index >= 15 is 0 Å². The summed E-state index contributed by atoms with van der Waals surface area (Å²) in [4.78, 5) is 21.1. The Morgan fingerprint density at radius 3 is 2.48 bits per heavy atom. The third kappa shape index (κ3) is 6.06. The maximum Gasteiger partial charge on any atom is 0.319 e. The fraction of sp³-hybridized carbons (Fsp3) is 0.333. The number of carbonyl (C=O) groups is 1. The normalized spacial score (nSPS) is 14.7. The summed E-state index contributed by atoms with van der Waals surface area (Å²) < 4.78 is 22.5. The largest absolute Gasteiger partial charge is 0.497 e. The number of pyridine rings is 1. The quantitative estimate of drug-likeness (QED) is 0.258. The Kier molecular flexibility index (Phi) is 8.97. The van der Waals surface area contributed by atoms with Crippen molar-refractivity contribution in [3.8, 4) is 23.0 Å². The first-order chi connectivity index (χ1) is 20.4. The maximum absolute atomic E-state index is 12.5. The number of urea groups is 1. The lowest BCUT2D eigenvalue weighted by Gasteiger charge is -2.39. The molecule has 0 aliphatic carbocycles. The molecule has 220 valence electrons. The molecule has 1 unspecified atom stereocenters. The van der Waals surface area contributed by atoms with Crippen molar-refractivity contribution in [1.29, 1.82) is 0 Å². The fourth-order valence-corrected chi connectivity index (χ4v) is 5.87. The van der Waals surface area contributed by atoms with E-state index in [0.717, 1.165) is 65.9 Å². The Labute approximate surface area is 246 Å². The van der Waals surface area contributed by atoms with Gasteiger partial charge in [-0.3, -0.25) is 14.8 Å². The van der Waals surface area contributed by atoms with Crippen molar-refractivity contribution in [3.05, 3.63) is 83.6 Å². The number of anilines is 1. The van der Waals surface area contributed by atoms with E-state index < -0.39 is 6.03 Å². The smallest absolute Gasteiger partial charge is 0.319 e. The lowest BCUT2D eigenvalue weighted by molar-refractivity contribution is 0.177. The van der Waals surface area contributed by atoms with Crippen molar-refractivity contribution in [1.82, 2.24) is 9.88 Å². The van der Waals surface area contributed by atoms with E-state index in [9.17, 15) is 4.79 Å². The first-order valence-electron chi connectivity index (χ1n) is 14.1. The topological polar surface area (TPSA) is 99.4 Å². The van der Waals surface area contributed by atoms with E-state index in [1.165, 1.54) is 5.56 Å². The summed E-state index contributed by atoms with van der Waals surface area (Å²) in [5.41, 5.74) is 10.9. The van der Waals surface area contributed by atoms with E-state index in [1.807, 2.05) is 48.5 Å². The Hall–Kier alpha value is -4.50. The number of benzene rings is 3. The minimum Gasteiger partial charge on any atom is -0.497 e. The van der Waals surface area contributed by atoms with Crippen molar-refractivity contribution < 1.29 is 23.7 Å². The molecule has 2 amide bonds. The number of rotatable bonds is 11. The molecule has 5 rings (SSSR count). The molecule has 0 bridgehead atoms. The molecule has 1 atom stereocenters. The average molecular weight is 571 g/mol. The Morgan fingerprint density at radius 1 is 0.952 bits per heavy atom. The van der Waals surface area contributed by atoms with Crippen LogP contribution >= 0.6 is 0 Å². The summed E-state index contributed by atoms with van der Waals surface area (Å²) >= 11 is 0.